The highest BCUT2D eigenvalue weighted by molar-refractivity contribution is 5.75. The van der Waals surface area contributed by atoms with Gasteiger partial charge in [0.1, 0.15) is 12.2 Å². The van der Waals surface area contributed by atoms with Crippen LogP contribution in [0.3, 0.4) is 0 Å². The molecule has 0 aromatic heterocycles. The Kier molecular flexibility index (Phi) is 4.73. The molecule has 0 saturated heterocycles. The van der Waals surface area contributed by atoms with E-state index in [0.29, 0.717) is 0 Å². The third-order valence-electron chi connectivity index (χ3n) is 3.97. The summed E-state index contributed by atoms with van der Waals surface area (Å²) in [7, 11) is 0. The summed E-state index contributed by atoms with van der Waals surface area (Å²) in [6, 6.07) is 29.6. The highest BCUT2D eigenvalue weighted by Gasteiger charge is 2.37. The number of carbonyl (C=O) groups excluding carboxylic acids is 1. The van der Waals surface area contributed by atoms with Gasteiger partial charge in [-0.3, -0.25) is 4.79 Å². The van der Waals surface area contributed by atoms with Gasteiger partial charge in [-0.2, -0.15) is 0 Å². The molecule has 3 nitrogen and oxygen atoms in total. The fourth-order valence-corrected chi connectivity index (χ4v) is 2.95. The van der Waals surface area contributed by atoms with Gasteiger partial charge in [0.2, 0.25) is 5.91 Å². The summed E-state index contributed by atoms with van der Waals surface area (Å²) in [6.45, 7) is -0.168. The van der Waals surface area contributed by atoms with Crippen LogP contribution in [0.4, 0.5) is 0 Å². The Bertz CT molecular complexity index is 689. The van der Waals surface area contributed by atoms with Crippen LogP contribution in [0, 0.1) is 0 Å². The number of carbonyl (C=O) groups is 1. The van der Waals surface area contributed by atoms with E-state index in [4.69, 9.17) is 10.5 Å². The molecule has 0 bridgehead atoms. The van der Waals surface area contributed by atoms with E-state index in [1.165, 1.54) is 0 Å². The molecule has 3 aromatic rings. The van der Waals surface area contributed by atoms with Crippen molar-refractivity contribution in [3.8, 4) is 0 Å². The van der Waals surface area contributed by atoms with Crippen LogP contribution in [0.1, 0.15) is 16.7 Å². The van der Waals surface area contributed by atoms with E-state index in [2.05, 4.69) is 0 Å². The molecule has 3 heteroatoms. The Balaban J connectivity index is 2.26. The number of ether oxygens (including phenoxy) is 1. The van der Waals surface area contributed by atoms with Crippen LogP contribution in [0.15, 0.2) is 91.0 Å². The highest BCUT2D eigenvalue weighted by atomic mass is 16.5. The van der Waals surface area contributed by atoms with Crippen molar-refractivity contribution in [3.63, 3.8) is 0 Å². The molecule has 0 saturated carbocycles. The van der Waals surface area contributed by atoms with Gasteiger partial charge in [0, 0.05) is 0 Å². The third-order valence-corrected chi connectivity index (χ3v) is 3.97. The zero-order chi connectivity index (χ0) is 16.8. The van der Waals surface area contributed by atoms with Gasteiger partial charge < -0.3 is 10.5 Å². The van der Waals surface area contributed by atoms with Crippen molar-refractivity contribution >= 4 is 5.91 Å². The largest absolute Gasteiger partial charge is 0.368 e. The zero-order valence-electron chi connectivity index (χ0n) is 13.3. The molecule has 0 aliphatic carbocycles. The number of primary amides is 1. The van der Waals surface area contributed by atoms with Gasteiger partial charge in [-0.05, 0) is 16.7 Å². The number of hydrogen-bond acceptors (Lipinski definition) is 2. The molecule has 3 rings (SSSR count). The quantitative estimate of drug-likeness (QED) is 0.708. The van der Waals surface area contributed by atoms with Gasteiger partial charge in [0.25, 0.3) is 0 Å². The molecule has 1 amide bonds. The van der Waals surface area contributed by atoms with Gasteiger partial charge in [-0.25, -0.2) is 0 Å². The first-order chi connectivity index (χ1) is 11.7. The van der Waals surface area contributed by atoms with Crippen LogP contribution in [0.2, 0.25) is 0 Å². The molecule has 0 fully saturated rings. The smallest absolute Gasteiger partial charge is 0.243 e. The Morgan fingerprint density at radius 1 is 0.708 bits per heavy atom. The van der Waals surface area contributed by atoms with Gasteiger partial charge >= 0.3 is 0 Å². The van der Waals surface area contributed by atoms with E-state index in [-0.39, 0.29) is 6.61 Å². The van der Waals surface area contributed by atoms with Crippen LogP contribution in [0.25, 0.3) is 0 Å². The molecule has 0 radical (unpaired) electrons. The van der Waals surface area contributed by atoms with E-state index < -0.39 is 11.5 Å². The molecule has 24 heavy (non-hydrogen) atoms. The highest BCUT2D eigenvalue weighted by Crippen LogP contribution is 2.40. The van der Waals surface area contributed by atoms with Gasteiger partial charge in [-0.15, -0.1) is 0 Å². The second-order valence-corrected chi connectivity index (χ2v) is 5.53. The molecule has 0 atom stereocenters. The standard InChI is InChI=1S/C21H19NO2/c22-20(23)16-24-21(17-10-4-1-5-11-17,18-12-6-2-7-13-18)19-14-8-3-9-15-19/h1-15H,16H2,(H2,22,23). The monoisotopic (exact) mass is 317 g/mol. The molecule has 3 aromatic carbocycles. The molecular formula is C21H19NO2. The van der Waals surface area contributed by atoms with E-state index in [1.54, 1.807) is 0 Å². The maximum atomic E-state index is 11.4. The van der Waals surface area contributed by atoms with Crippen LogP contribution < -0.4 is 5.73 Å². The lowest BCUT2D eigenvalue weighted by molar-refractivity contribution is -0.126. The Labute approximate surface area is 141 Å². The predicted octanol–water partition coefficient (Wildman–Crippen LogP) is 3.48. The summed E-state index contributed by atoms with van der Waals surface area (Å²) in [6.07, 6.45) is 0. The number of benzene rings is 3. The minimum Gasteiger partial charge on any atom is -0.368 e. The second-order valence-electron chi connectivity index (χ2n) is 5.53. The molecule has 0 heterocycles. The van der Waals surface area contributed by atoms with Crippen molar-refractivity contribution in [2.45, 2.75) is 5.60 Å². The second kappa shape index (κ2) is 7.11. The lowest BCUT2D eigenvalue weighted by Gasteiger charge is -2.35. The van der Waals surface area contributed by atoms with Crippen molar-refractivity contribution in [1.29, 1.82) is 0 Å². The maximum Gasteiger partial charge on any atom is 0.243 e. The first-order valence-corrected chi connectivity index (χ1v) is 7.82. The molecule has 0 aliphatic rings. The van der Waals surface area contributed by atoms with E-state index in [0.717, 1.165) is 16.7 Å². The van der Waals surface area contributed by atoms with Crippen molar-refractivity contribution < 1.29 is 9.53 Å². The number of amides is 1. The van der Waals surface area contributed by atoms with E-state index in [9.17, 15) is 4.79 Å². The predicted molar refractivity (Wildman–Crippen MR) is 94.4 cm³/mol. The van der Waals surface area contributed by atoms with Crippen LogP contribution in [0.5, 0.6) is 0 Å². The lowest BCUT2D eigenvalue weighted by Crippen LogP contribution is -2.36. The van der Waals surface area contributed by atoms with Crippen LogP contribution >= 0.6 is 0 Å². The molecule has 0 aliphatic heterocycles. The number of hydrogen-bond donors (Lipinski definition) is 1. The summed E-state index contributed by atoms with van der Waals surface area (Å²) in [4.78, 5) is 11.4. The fraction of sp³-hybridized carbons (Fsp3) is 0.0952. The summed E-state index contributed by atoms with van der Waals surface area (Å²) in [5.41, 5.74) is 7.32. The summed E-state index contributed by atoms with van der Waals surface area (Å²) in [5.74, 6) is -0.498. The van der Waals surface area contributed by atoms with E-state index >= 15 is 0 Å². The van der Waals surface area contributed by atoms with Gasteiger partial charge in [0.05, 0.1) is 0 Å². The minimum atomic E-state index is -0.890. The van der Waals surface area contributed by atoms with Crippen molar-refractivity contribution in [1.82, 2.24) is 0 Å². The SMILES string of the molecule is NC(=O)COC(c1ccccc1)(c1ccccc1)c1ccccc1. The minimum absolute atomic E-state index is 0.168. The molecular weight excluding hydrogens is 298 g/mol. The average molecular weight is 317 g/mol. The first-order valence-electron chi connectivity index (χ1n) is 7.82. The zero-order valence-corrected chi connectivity index (χ0v) is 13.3. The van der Waals surface area contributed by atoms with E-state index in [1.807, 2.05) is 91.0 Å². The maximum absolute atomic E-state index is 11.4. The normalized spacial score (nSPS) is 11.2. The lowest BCUT2D eigenvalue weighted by atomic mass is 9.80. The first kappa shape index (κ1) is 16.0. The average Bonchev–Trinajstić information content (AvgIpc) is 2.65. The Morgan fingerprint density at radius 3 is 1.33 bits per heavy atom. The molecule has 120 valence electrons. The topological polar surface area (TPSA) is 52.3 Å². The summed E-state index contributed by atoms with van der Waals surface area (Å²) < 4.78 is 6.17. The molecule has 0 unspecified atom stereocenters. The third kappa shape index (κ3) is 3.07. The van der Waals surface area contributed by atoms with Crippen LogP contribution in [-0.4, -0.2) is 12.5 Å². The number of nitrogens with two attached hydrogens (primary N) is 1. The Morgan fingerprint density at radius 2 is 1.04 bits per heavy atom. The van der Waals surface area contributed by atoms with Crippen LogP contribution in [-0.2, 0) is 15.1 Å². The molecule has 0 spiro atoms. The van der Waals surface area contributed by atoms with Crippen molar-refractivity contribution in [2.24, 2.45) is 5.73 Å². The number of rotatable bonds is 6. The summed E-state index contributed by atoms with van der Waals surface area (Å²) >= 11 is 0. The fourth-order valence-electron chi connectivity index (χ4n) is 2.95. The van der Waals surface area contributed by atoms with Crippen molar-refractivity contribution in [2.75, 3.05) is 6.61 Å². The van der Waals surface area contributed by atoms with Crippen molar-refractivity contribution in [3.05, 3.63) is 108 Å². The van der Waals surface area contributed by atoms with Gasteiger partial charge in [0.15, 0.2) is 0 Å². The Hall–Kier alpha value is -2.91. The molecule has 2 N–H and O–H groups in total. The van der Waals surface area contributed by atoms with Gasteiger partial charge in [-0.1, -0.05) is 91.0 Å². The summed E-state index contributed by atoms with van der Waals surface area (Å²) in [5, 5.41) is 0.